The molecule has 6 nitrogen and oxygen atoms in total. The smallest absolute Gasteiger partial charge is 0.342 e. The maximum atomic E-state index is 13.7. The highest BCUT2D eigenvalue weighted by molar-refractivity contribution is 7.57. The summed E-state index contributed by atoms with van der Waals surface area (Å²) in [6, 6.07) is 6.09. The monoisotopic (exact) mass is 411 g/mol. The Bertz CT molecular complexity index is 742. The number of rotatable bonds is 10. The van der Waals surface area contributed by atoms with Gasteiger partial charge in [0.2, 0.25) is 0 Å². The summed E-state index contributed by atoms with van der Waals surface area (Å²) >= 11 is 0. The Balaban J connectivity index is 2.45. The number of para-hydroxylation sites is 1. The van der Waals surface area contributed by atoms with Crippen LogP contribution < -0.4 is 9.61 Å². The lowest BCUT2D eigenvalue weighted by atomic mass is 9.90. The molecule has 1 saturated carbocycles. The Hall–Kier alpha value is -1.36. The molecule has 0 aromatic heterocycles. The first kappa shape index (κ1) is 22.9. The van der Waals surface area contributed by atoms with Crippen LogP contribution in [-0.2, 0) is 18.8 Å². The normalized spacial score (nSPS) is 17.9. The van der Waals surface area contributed by atoms with Crippen molar-refractivity contribution in [3.63, 3.8) is 0 Å². The first-order chi connectivity index (χ1) is 13.0. The molecule has 1 aliphatic rings. The first-order valence-electron chi connectivity index (χ1n) is 9.83. The number of benzene rings is 1. The standard InChI is InChI=1S/C21H34NO5P/c1-14(2)17-9-8-10-18(15(3)16-11-12-16)19(17)27-28(24,13-25-6)22-21(4,5)20(23)26-7/h8-10,14-16H,11-13H2,1-7H3,(H,22,24). The van der Waals surface area contributed by atoms with E-state index in [1.54, 1.807) is 13.8 Å². The van der Waals surface area contributed by atoms with E-state index in [9.17, 15) is 9.36 Å². The molecular weight excluding hydrogens is 377 g/mol. The number of methoxy groups -OCH3 is 2. The van der Waals surface area contributed by atoms with Crippen molar-refractivity contribution in [2.24, 2.45) is 5.92 Å². The van der Waals surface area contributed by atoms with Gasteiger partial charge in [-0.05, 0) is 55.6 Å². The minimum atomic E-state index is -3.55. The summed E-state index contributed by atoms with van der Waals surface area (Å²) in [7, 11) is -0.780. The van der Waals surface area contributed by atoms with Crippen molar-refractivity contribution in [1.29, 1.82) is 0 Å². The van der Waals surface area contributed by atoms with Gasteiger partial charge in [0.05, 0.1) is 7.11 Å². The Morgan fingerprint density at radius 1 is 1.21 bits per heavy atom. The van der Waals surface area contributed by atoms with Gasteiger partial charge in [-0.3, -0.25) is 9.36 Å². The quantitative estimate of drug-likeness (QED) is 0.429. The summed E-state index contributed by atoms with van der Waals surface area (Å²) in [4.78, 5) is 12.1. The van der Waals surface area contributed by atoms with E-state index in [2.05, 4.69) is 25.9 Å². The molecule has 2 atom stereocenters. The van der Waals surface area contributed by atoms with Gasteiger partial charge in [-0.25, -0.2) is 5.09 Å². The predicted octanol–water partition coefficient (Wildman–Crippen LogP) is 5.04. The third kappa shape index (κ3) is 5.37. The molecule has 1 fully saturated rings. The fourth-order valence-corrected chi connectivity index (χ4v) is 5.42. The Morgan fingerprint density at radius 2 is 1.82 bits per heavy atom. The summed E-state index contributed by atoms with van der Waals surface area (Å²) in [6.07, 6.45) is 2.25. The number of esters is 1. The Labute approximate surface area is 168 Å². The van der Waals surface area contributed by atoms with Crippen molar-refractivity contribution in [2.75, 3.05) is 20.6 Å². The molecular formula is C21H34NO5P. The van der Waals surface area contributed by atoms with Gasteiger partial charge in [0.15, 0.2) is 0 Å². The summed E-state index contributed by atoms with van der Waals surface area (Å²) < 4.78 is 29.9. The second-order valence-corrected chi connectivity index (χ2v) is 10.5. The molecule has 0 spiro atoms. The molecule has 1 aliphatic carbocycles. The molecule has 0 saturated heterocycles. The van der Waals surface area contributed by atoms with Crippen LogP contribution in [0.1, 0.15) is 70.4 Å². The maximum Gasteiger partial charge on any atom is 0.342 e. The zero-order valence-corrected chi connectivity index (χ0v) is 19.0. The van der Waals surface area contributed by atoms with Crippen LogP contribution in [0.15, 0.2) is 18.2 Å². The van der Waals surface area contributed by atoms with Crippen molar-refractivity contribution in [1.82, 2.24) is 5.09 Å². The van der Waals surface area contributed by atoms with Crippen LogP contribution >= 0.6 is 7.52 Å². The van der Waals surface area contributed by atoms with Crippen LogP contribution in [0.5, 0.6) is 5.75 Å². The van der Waals surface area contributed by atoms with Gasteiger partial charge < -0.3 is 14.0 Å². The molecule has 1 aromatic rings. The van der Waals surface area contributed by atoms with Gasteiger partial charge in [0.25, 0.3) is 0 Å². The van der Waals surface area contributed by atoms with E-state index in [-0.39, 0.29) is 12.3 Å². The zero-order chi connectivity index (χ0) is 21.1. The van der Waals surface area contributed by atoms with Crippen molar-refractivity contribution >= 4 is 13.5 Å². The molecule has 2 rings (SSSR count). The third-order valence-corrected chi connectivity index (χ3v) is 7.18. The first-order valence-corrected chi connectivity index (χ1v) is 11.6. The van der Waals surface area contributed by atoms with Crippen molar-refractivity contribution in [2.45, 2.75) is 64.8 Å². The number of hydrogen-bond donors (Lipinski definition) is 1. The van der Waals surface area contributed by atoms with E-state index in [1.807, 2.05) is 18.2 Å². The average molecular weight is 411 g/mol. The zero-order valence-electron chi connectivity index (χ0n) is 18.1. The second kappa shape index (κ2) is 8.98. The second-order valence-electron chi connectivity index (χ2n) is 8.46. The minimum absolute atomic E-state index is 0.156. The molecule has 0 heterocycles. The topological polar surface area (TPSA) is 73.9 Å². The summed E-state index contributed by atoms with van der Waals surface area (Å²) in [5, 5.41) is 2.88. The van der Waals surface area contributed by atoms with Crippen LogP contribution in [0.2, 0.25) is 0 Å². The van der Waals surface area contributed by atoms with Crippen molar-refractivity contribution in [3.8, 4) is 5.75 Å². The van der Waals surface area contributed by atoms with Crippen LogP contribution in [-0.4, -0.2) is 32.1 Å². The number of ether oxygens (including phenoxy) is 2. The molecule has 0 amide bonds. The number of nitrogens with one attached hydrogen (secondary N) is 1. The van der Waals surface area contributed by atoms with Crippen molar-refractivity contribution < 1.29 is 23.4 Å². The number of carbonyl (C=O) groups is 1. The summed E-state index contributed by atoms with van der Waals surface area (Å²) in [5.41, 5.74) is 0.874. The molecule has 7 heteroatoms. The summed E-state index contributed by atoms with van der Waals surface area (Å²) in [5.74, 6) is 1.27. The highest BCUT2D eigenvalue weighted by Crippen LogP contribution is 2.52. The molecule has 0 radical (unpaired) electrons. The van der Waals surface area contributed by atoms with E-state index in [1.165, 1.54) is 27.1 Å². The van der Waals surface area contributed by atoms with Gasteiger partial charge in [-0.1, -0.05) is 39.0 Å². The number of carbonyl (C=O) groups excluding carboxylic acids is 1. The fourth-order valence-electron chi connectivity index (χ4n) is 3.47. The lowest BCUT2D eigenvalue weighted by Gasteiger charge is -2.31. The molecule has 158 valence electrons. The highest BCUT2D eigenvalue weighted by atomic mass is 31.2. The van der Waals surface area contributed by atoms with E-state index in [4.69, 9.17) is 14.0 Å². The molecule has 28 heavy (non-hydrogen) atoms. The molecule has 0 bridgehead atoms. The average Bonchev–Trinajstić information content (AvgIpc) is 3.44. The van der Waals surface area contributed by atoms with Crippen LogP contribution in [0.4, 0.5) is 0 Å². The van der Waals surface area contributed by atoms with Crippen LogP contribution in [0.25, 0.3) is 0 Å². The molecule has 2 unspecified atom stereocenters. The molecule has 1 aromatic carbocycles. The Morgan fingerprint density at radius 3 is 2.32 bits per heavy atom. The molecule has 1 N–H and O–H groups in total. The number of hydrogen-bond acceptors (Lipinski definition) is 5. The lowest BCUT2D eigenvalue weighted by molar-refractivity contribution is -0.146. The lowest BCUT2D eigenvalue weighted by Crippen LogP contribution is -2.46. The summed E-state index contributed by atoms with van der Waals surface area (Å²) in [6.45, 7) is 9.60. The van der Waals surface area contributed by atoms with Gasteiger partial charge in [0, 0.05) is 7.11 Å². The predicted molar refractivity (Wildman–Crippen MR) is 111 cm³/mol. The van der Waals surface area contributed by atoms with Gasteiger partial charge in [0.1, 0.15) is 17.6 Å². The van der Waals surface area contributed by atoms with E-state index >= 15 is 0 Å². The van der Waals surface area contributed by atoms with Crippen LogP contribution in [0.3, 0.4) is 0 Å². The van der Waals surface area contributed by atoms with Crippen LogP contribution in [0, 0.1) is 5.92 Å². The minimum Gasteiger partial charge on any atom is -0.468 e. The third-order valence-electron chi connectivity index (χ3n) is 5.20. The highest BCUT2D eigenvalue weighted by Gasteiger charge is 2.40. The van der Waals surface area contributed by atoms with Gasteiger partial charge >= 0.3 is 13.5 Å². The Kier molecular flexibility index (Phi) is 7.35. The van der Waals surface area contributed by atoms with E-state index in [0.29, 0.717) is 17.6 Å². The van der Waals surface area contributed by atoms with E-state index in [0.717, 1.165) is 11.1 Å². The fraction of sp³-hybridized carbons (Fsp3) is 0.667. The van der Waals surface area contributed by atoms with Gasteiger partial charge in [-0.15, -0.1) is 0 Å². The van der Waals surface area contributed by atoms with Crippen molar-refractivity contribution in [3.05, 3.63) is 29.3 Å². The maximum absolute atomic E-state index is 13.7. The largest absolute Gasteiger partial charge is 0.468 e. The van der Waals surface area contributed by atoms with E-state index < -0.39 is 19.0 Å². The SMILES string of the molecule is COCP(=O)(NC(C)(C)C(=O)OC)Oc1c(C(C)C)cccc1C(C)C1CC1. The van der Waals surface area contributed by atoms with Gasteiger partial charge in [-0.2, -0.15) is 0 Å². The molecule has 0 aliphatic heterocycles.